The van der Waals surface area contributed by atoms with Crippen molar-refractivity contribution in [2.75, 3.05) is 6.61 Å². The number of nitrogens with one attached hydrogen (secondary N) is 1. The number of hydrogen-bond donors (Lipinski definition) is 3. The van der Waals surface area contributed by atoms with E-state index in [1.54, 1.807) is 0 Å². The number of amides is 1. The van der Waals surface area contributed by atoms with Gasteiger partial charge in [-0.2, -0.15) is 0 Å². The van der Waals surface area contributed by atoms with Gasteiger partial charge in [-0.1, -0.05) is 230 Å². The molecule has 0 aliphatic heterocycles. The van der Waals surface area contributed by atoms with E-state index >= 15 is 0 Å². The minimum Gasteiger partial charge on any atom is -0.462 e. The highest BCUT2D eigenvalue weighted by Crippen LogP contribution is 2.17. The van der Waals surface area contributed by atoms with Crippen molar-refractivity contribution in [3.63, 3.8) is 0 Å². The summed E-state index contributed by atoms with van der Waals surface area (Å²) in [6, 6.07) is -0.712. The maximum atomic E-state index is 13.2. The fourth-order valence-corrected chi connectivity index (χ4v) is 7.44. The van der Waals surface area contributed by atoms with E-state index in [1.807, 2.05) is 6.08 Å². The molecule has 0 aromatic carbocycles. The Morgan fingerprint density at radius 3 is 1.36 bits per heavy atom. The fraction of sp³-hybridized carbons (Fsp3) is 0.808. The molecule has 0 bridgehead atoms. The highest BCUT2D eigenvalue weighted by Gasteiger charge is 2.24. The zero-order chi connectivity index (χ0) is 42.4. The lowest BCUT2D eigenvalue weighted by Gasteiger charge is -2.24. The van der Waals surface area contributed by atoms with Crippen LogP contribution in [-0.2, 0) is 14.3 Å². The van der Waals surface area contributed by atoms with E-state index < -0.39 is 18.2 Å². The van der Waals surface area contributed by atoms with E-state index in [4.69, 9.17) is 4.74 Å². The van der Waals surface area contributed by atoms with Crippen molar-refractivity contribution in [2.45, 2.75) is 264 Å². The van der Waals surface area contributed by atoms with Gasteiger partial charge in [-0.25, -0.2) is 0 Å². The van der Waals surface area contributed by atoms with Crippen molar-refractivity contribution >= 4 is 11.9 Å². The molecule has 3 N–H and O–H groups in total. The molecule has 1 amide bonds. The second-order valence-electron chi connectivity index (χ2n) is 17.0. The van der Waals surface area contributed by atoms with Crippen molar-refractivity contribution < 1.29 is 24.5 Å². The van der Waals surface area contributed by atoms with E-state index in [1.165, 1.54) is 128 Å². The average Bonchev–Trinajstić information content (AvgIpc) is 3.22. The van der Waals surface area contributed by atoms with Crippen molar-refractivity contribution in [3.8, 4) is 0 Å². The van der Waals surface area contributed by atoms with Crippen LogP contribution in [0.4, 0.5) is 0 Å². The molecule has 0 aliphatic rings. The third kappa shape index (κ3) is 40.6. The molecule has 58 heavy (non-hydrogen) atoms. The van der Waals surface area contributed by atoms with Crippen LogP contribution in [0.1, 0.15) is 245 Å². The van der Waals surface area contributed by atoms with Gasteiger partial charge in [-0.15, -0.1) is 0 Å². The van der Waals surface area contributed by atoms with Crippen LogP contribution in [-0.4, -0.2) is 46.9 Å². The van der Waals surface area contributed by atoms with Gasteiger partial charge in [0.25, 0.3) is 0 Å². The Balaban J connectivity index is 4.62. The summed E-state index contributed by atoms with van der Waals surface area (Å²) >= 11 is 0. The minimum absolute atomic E-state index is 0.0533. The first kappa shape index (κ1) is 55.8. The molecule has 0 aliphatic carbocycles. The van der Waals surface area contributed by atoms with Crippen LogP contribution in [0.25, 0.3) is 0 Å². The number of carbonyl (C=O) groups excluding carboxylic acids is 2. The largest absolute Gasteiger partial charge is 0.462 e. The van der Waals surface area contributed by atoms with E-state index in [9.17, 15) is 19.8 Å². The second kappa shape index (κ2) is 45.9. The monoisotopic (exact) mass is 814 g/mol. The van der Waals surface area contributed by atoms with E-state index in [2.05, 4.69) is 68.6 Å². The molecule has 0 radical (unpaired) electrons. The molecular formula is C52H95NO5. The Bertz CT molecular complexity index is 1000. The number of unbranched alkanes of at least 4 members (excludes halogenated alkanes) is 27. The summed E-state index contributed by atoms with van der Waals surface area (Å²) < 4.78 is 5.89. The van der Waals surface area contributed by atoms with Crippen molar-refractivity contribution in [1.82, 2.24) is 5.32 Å². The third-order valence-corrected chi connectivity index (χ3v) is 11.3. The molecule has 3 atom stereocenters. The van der Waals surface area contributed by atoms with Crippen LogP contribution in [0.5, 0.6) is 0 Å². The maximum Gasteiger partial charge on any atom is 0.306 e. The Kier molecular flexibility index (Phi) is 44.2. The molecule has 0 saturated carbocycles. The number of aliphatic hydroxyl groups excluding tert-OH is 2. The van der Waals surface area contributed by atoms with Gasteiger partial charge in [0.05, 0.1) is 25.2 Å². The smallest absolute Gasteiger partial charge is 0.306 e. The quantitative estimate of drug-likeness (QED) is 0.0323. The first-order valence-electron chi connectivity index (χ1n) is 24.9. The molecule has 0 heterocycles. The lowest BCUT2D eigenvalue weighted by Crippen LogP contribution is -2.46. The van der Waals surface area contributed by atoms with Gasteiger partial charge in [-0.05, 0) is 51.4 Å². The minimum atomic E-state index is -0.796. The SMILES string of the molecule is CCCCC/C=C/C=C/C=C/C=C/CCCCCC(CC(=O)NC(CO)C(O)CCCCCCCCCCCCCCCC)OC(=O)CCCCCCCCCCC. The third-order valence-electron chi connectivity index (χ3n) is 11.3. The van der Waals surface area contributed by atoms with Gasteiger partial charge in [-0.3, -0.25) is 9.59 Å². The second-order valence-corrected chi connectivity index (χ2v) is 17.0. The summed E-state index contributed by atoms with van der Waals surface area (Å²) in [5.41, 5.74) is 0. The van der Waals surface area contributed by atoms with E-state index in [-0.39, 0.29) is 24.9 Å². The number of ether oxygens (including phenoxy) is 1. The van der Waals surface area contributed by atoms with E-state index in [0.29, 0.717) is 19.3 Å². The molecule has 3 unspecified atom stereocenters. The lowest BCUT2D eigenvalue weighted by molar-refractivity contribution is -0.151. The zero-order valence-electron chi connectivity index (χ0n) is 38.4. The number of carbonyl (C=O) groups is 2. The first-order chi connectivity index (χ1) is 28.5. The number of rotatable bonds is 44. The van der Waals surface area contributed by atoms with Crippen molar-refractivity contribution in [1.29, 1.82) is 0 Å². The summed E-state index contributed by atoms with van der Waals surface area (Å²) in [5, 5.41) is 23.7. The van der Waals surface area contributed by atoms with Gasteiger partial charge < -0.3 is 20.3 Å². The number of esters is 1. The Hall–Kier alpha value is -2.18. The van der Waals surface area contributed by atoms with Crippen molar-refractivity contribution in [2.24, 2.45) is 0 Å². The lowest BCUT2D eigenvalue weighted by atomic mass is 10.0. The van der Waals surface area contributed by atoms with Gasteiger partial charge in [0.2, 0.25) is 5.91 Å². The summed E-state index contributed by atoms with van der Waals surface area (Å²) in [6.07, 6.45) is 54.5. The molecule has 0 rings (SSSR count). The van der Waals surface area contributed by atoms with E-state index in [0.717, 1.165) is 70.6 Å². The van der Waals surface area contributed by atoms with Gasteiger partial charge >= 0.3 is 5.97 Å². The van der Waals surface area contributed by atoms with Crippen LogP contribution in [0.3, 0.4) is 0 Å². The summed E-state index contributed by atoms with van der Waals surface area (Å²) in [5.74, 6) is -0.510. The zero-order valence-corrected chi connectivity index (χ0v) is 38.4. The summed E-state index contributed by atoms with van der Waals surface area (Å²) in [4.78, 5) is 26.0. The van der Waals surface area contributed by atoms with Crippen LogP contribution >= 0.6 is 0 Å². The average molecular weight is 814 g/mol. The Morgan fingerprint density at radius 2 is 0.879 bits per heavy atom. The molecule has 0 spiro atoms. The Labute approximate surface area is 359 Å². The fourth-order valence-electron chi connectivity index (χ4n) is 7.44. The van der Waals surface area contributed by atoms with Crippen LogP contribution < -0.4 is 5.32 Å². The summed E-state index contributed by atoms with van der Waals surface area (Å²) in [7, 11) is 0. The summed E-state index contributed by atoms with van der Waals surface area (Å²) in [6.45, 7) is 6.42. The molecule has 0 fully saturated rings. The van der Waals surface area contributed by atoms with Gasteiger partial charge in [0, 0.05) is 6.42 Å². The van der Waals surface area contributed by atoms with Gasteiger partial charge in [0.1, 0.15) is 6.10 Å². The molecule has 6 nitrogen and oxygen atoms in total. The van der Waals surface area contributed by atoms with Crippen LogP contribution in [0.15, 0.2) is 48.6 Å². The predicted molar refractivity (Wildman–Crippen MR) is 250 cm³/mol. The number of hydrogen-bond acceptors (Lipinski definition) is 5. The molecule has 0 saturated heterocycles. The standard InChI is InChI=1S/C52H95NO5/c1-4-7-10-13-16-19-21-23-25-26-27-29-32-34-37-40-43-48(58-52(57)45-42-39-36-31-18-15-12-9-6-3)46-51(56)53-49(47-54)50(55)44-41-38-35-33-30-28-24-22-20-17-14-11-8-5-2/h16,19,21,23,25-27,29,48-50,54-55H,4-15,17-18,20,22,24,28,30-47H2,1-3H3,(H,53,56)/b19-16+,23-21+,26-25+,29-27+. The maximum absolute atomic E-state index is 13.2. The van der Waals surface area contributed by atoms with Crippen molar-refractivity contribution in [3.05, 3.63) is 48.6 Å². The Morgan fingerprint density at radius 1 is 0.500 bits per heavy atom. The number of allylic oxidation sites excluding steroid dienone is 8. The normalized spacial score (nSPS) is 13.7. The highest BCUT2D eigenvalue weighted by atomic mass is 16.5. The van der Waals surface area contributed by atoms with Crippen LogP contribution in [0, 0.1) is 0 Å². The topological polar surface area (TPSA) is 95.9 Å². The highest BCUT2D eigenvalue weighted by molar-refractivity contribution is 5.77. The number of aliphatic hydroxyl groups is 2. The molecule has 0 aromatic heterocycles. The molecule has 338 valence electrons. The predicted octanol–water partition coefficient (Wildman–Crippen LogP) is 14.7. The molecule has 6 heteroatoms. The molecule has 0 aromatic rings. The first-order valence-corrected chi connectivity index (χ1v) is 24.9. The van der Waals surface area contributed by atoms with Crippen LogP contribution in [0.2, 0.25) is 0 Å². The molecular weight excluding hydrogens is 719 g/mol. The van der Waals surface area contributed by atoms with Gasteiger partial charge in [0.15, 0.2) is 0 Å².